The lowest BCUT2D eigenvalue weighted by atomic mass is 9.96. The summed E-state index contributed by atoms with van der Waals surface area (Å²) in [6.07, 6.45) is 6.44. The Hall–Kier alpha value is 0.270. The van der Waals surface area contributed by atoms with Crippen molar-refractivity contribution in [3.05, 3.63) is 0 Å². The third-order valence-corrected chi connectivity index (χ3v) is 3.64. The van der Waals surface area contributed by atoms with Gasteiger partial charge in [0, 0.05) is 30.9 Å². The van der Waals surface area contributed by atoms with Gasteiger partial charge < -0.3 is 10.2 Å². The van der Waals surface area contributed by atoms with Crippen molar-refractivity contribution in [3.8, 4) is 0 Å². The SMILES string of the molecule is S=C(NC1CCCCC1)N(CCCl)CCCl. The fraction of sp³-hybridized carbons (Fsp3) is 0.909. The summed E-state index contributed by atoms with van der Waals surface area (Å²) in [7, 11) is 0. The van der Waals surface area contributed by atoms with E-state index in [1.54, 1.807) is 0 Å². The Balaban J connectivity index is 2.34. The highest BCUT2D eigenvalue weighted by atomic mass is 35.5. The van der Waals surface area contributed by atoms with Crippen LogP contribution in [0.4, 0.5) is 0 Å². The predicted molar refractivity (Wildman–Crippen MR) is 75.6 cm³/mol. The van der Waals surface area contributed by atoms with E-state index >= 15 is 0 Å². The molecule has 0 aromatic carbocycles. The Morgan fingerprint density at radius 1 is 1.12 bits per heavy atom. The molecular formula is C11H20Cl2N2S. The molecule has 0 amide bonds. The molecule has 94 valence electrons. The van der Waals surface area contributed by atoms with Crippen molar-refractivity contribution in [1.29, 1.82) is 0 Å². The van der Waals surface area contributed by atoms with Gasteiger partial charge >= 0.3 is 0 Å². The summed E-state index contributed by atoms with van der Waals surface area (Å²) in [6.45, 7) is 1.54. The van der Waals surface area contributed by atoms with Gasteiger partial charge in [-0.3, -0.25) is 0 Å². The lowest BCUT2D eigenvalue weighted by molar-refractivity contribution is 0.387. The summed E-state index contributed by atoms with van der Waals surface area (Å²) < 4.78 is 0. The Morgan fingerprint density at radius 2 is 1.69 bits per heavy atom. The molecule has 0 heterocycles. The van der Waals surface area contributed by atoms with Crippen LogP contribution >= 0.6 is 35.4 Å². The van der Waals surface area contributed by atoms with Crippen LogP contribution in [0.2, 0.25) is 0 Å². The Morgan fingerprint density at radius 3 is 2.19 bits per heavy atom. The Kier molecular flexibility index (Phi) is 7.50. The van der Waals surface area contributed by atoms with E-state index < -0.39 is 0 Å². The molecule has 2 nitrogen and oxygen atoms in total. The molecular weight excluding hydrogens is 263 g/mol. The molecule has 0 aromatic rings. The number of nitrogens with one attached hydrogen (secondary N) is 1. The fourth-order valence-electron chi connectivity index (χ4n) is 2.03. The largest absolute Gasteiger partial charge is 0.360 e. The van der Waals surface area contributed by atoms with Gasteiger partial charge in [0.25, 0.3) is 0 Å². The summed E-state index contributed by atoms with van der Waals surface area (Å²) in [5, 5.41) is 4.24. The maximum absolute atomic E-state index is 5.75. The van der Waals surface area contributed by atoms with Crippen LogP contribution in [0.5, 0.6) is 0 Å². The number of hydrogen-bond donors (Lipinski definition) is 1. The van der Waals surface area contributed by atoms with Crippen molar-refractivity contribution in [2.24, 2.45) is 0 Å². The first-order valence-corrected chi connectivity index (χ1v) is 7.43. The average Bonchev–Trinajstić information content (AvgIpc) is 2.30. The van der Waals surface area contributed by atoms with Crippen LogP contribution < -0.4 is 5.32 Å². The van der Waals surface area contributed by atoms with E-state index in [4.69, 9.17) is 35.4 Å². The normalized spacial score (nSPS) is 17.1. The summed E-state index contributed by atoms with van der Waals surface area (Å²) >= 11 is 16.9. The van der Waals surface area contributed by atoms with E-state index in [1.807, 2.05) is 0 Å². The number of hydrogen-bond acceptors (Lipinski definition) is 1. The first kappa shape index (κ1) is 14.3. The van der Waals surface area contributed by atoms with E-state index in [-0.39, 0.29) is 0 Å². The lowest BCUT2D eigenvalue weighted by Crippen LogP contribution is -2.46. The minimum absolute atomic E-state index is 0.550. The number of nitrogens with zero attached hydrogens (tertiary/aromatic N) is 1. The van der Waals surface area contributed by atoms with Crippen molar-refractivity contribution in [2.75, 3.05) is 24.8 Å². The van der Waals surface area contributed by atoms with Crippen LogP contribution in [0.25, 0.3) is 0 Å². The Labute approximate surface area is 114 Å². The fourth-order valence-corrected chi connectivity index (χ4v) is 2.79. The molecule has 0 unspecified atom stereocenters. The van der Waals surface area contributed by atoms with Crippen molar-refractivity contribution in [1.82, 2.24) is 10.2 Å². The second-order valence-electron chi connectivity index (χ2n) is 4.15. The molecule has 0 radical (unpaired) electrons. The molecule has 0 atom stereocenters. The quantitative estimate of drug-likeness (QED) is 0.617. The van der Waals surface area contributed by atoms with Gasteiger partial charge in [0.05, 0.1) is 0 Å². The molecule has 0 aliphatic heterocycles. The monoisotopic (exact) mass is 282 g/mol. The molecule has 16 heavy (non-hydrogen) atoms. The molecule has 0 aromatic heterocycles. The highest BCUT2D eigenvalue weighted by Crippen LogP contribution is 2.17. The smallest absolute Gasteiger partial charge is 0.169 e. The summed E-state index contributed by atoms with van der Waals surface area (Å²) in [5.41, 5.74) is 0. The minimum atomic E-state index is 0.550. The maximum Gasteiger partial charge on any atom is 0.169 e. The van der Waals surface area contributed by atoms with Gasteiger partial charge in [0.1, 0.15) is 0 Å². The first-order chi connectivity index (χ1) is 7.77. The van der Waals surface area contributed by atoms with E-state index in [9.17, 15) is 0 Å². The van der Waals surface area contributed by atoms with Gasteiger partial charge in [-0.2, -0.15) is 0 Å². The zero-order valence-corrected chi connectivity index (χ0v) is 11.9. The minimum Gasteiger partial charge on any atom is -0.360 e. The zero-order chi connectivity index (χ0) is 11.8. The molecule has 0 bridgehead atoms. The van der Waals surface area contributed by atoms with E-state index in [1.165, 1.54) is 32.1 Å². The second kappa shape index (κ2) is 8.37. The summed E-state index contributed by atoms with van der Waals surface area (Å²) in [4.78, 5) is 2.06. The molecule has 1 N–H and O–H groups in total. The van der Waals surface area contributed by atoms with Gasteiger partial charge in [-0.1, -0.05) is 19.3 Å². The first-order valence-electron chi connectivity index (χ1n) is 5.95. The lowest BCUT2D eigenvalue weighted by Gasteiger charge is -2.30. The number of rotatable bonds is 5. The Bertz CT molecular complexity index is 202. The molecule has 0 saturated heterocycles. The van der Waals surface area contributed by atoms with Gasteiger partial charge in [0.15, 0.2) is 5.11 Å². The average molecular weight is 283 g/mol. The molecule has 1 saturated carbocycles. The van der Waals surface area contributed by atoms with Crippen LogP contribution in [-0.2, 0) is 0 Å². The number of alkyl halides is 2. The standard InChI is InChI=1S/C11H20Cl2N2S/c12-6-8-15(9-7-13)11(16)14-10-4-2-1-3-5-10/h10H,1-9H2,(H,14,16). The predicted octanol–water partition coefficient (Wildman–Crippen LogP) is 2.97. The van der Waals surface area contributed by atoms with Crippen molar-refractivity contribution in [3.63, 3.8) is 0 Å². The van der Waals surface area contributed by atoms with E-state index in [0.29, 0.717) is 17.8 Å². The molecule has 1 aliphatic carbocycles. The second-order valence-corrected chi connectivity index (χ2v) is 5.29. The topological polar surface area (TPSA) is 15.3 Å². The van der Waals surface area contributed by atoms with Gasteiger partial charge in [0.2, 0.25) is 0 Å². The molecule has 1 fully saturated rings. The third kappa shape index (κ3) is 5.07. The van der Waals surface area contributed by atoms with Gasteiger partial charge in [-0.25, -0.2) is 0 Å². The highest BCUT2D eigenvalue weighted by molar-refractivity contribution is 7.80. The molecule has 0 spiro atoms. The molecule has 5 heteroatoms. The maximum atomic E-state index is 5.75. The van der Waals surface area contributed by atoms with Gasteiger partial charge in [-0.15, -0.1) is 23.2 Å². The summed E-state index contributed by atoms with van der Waals surface area (Å²) in [6, 6.07) is 0.550. The van der Waals surface area contributed by atoms with Crippen molar-refractivity contribution < 1.29 is 0 Å². The number of halogens is 2. The summed E-state index contributed by atoms with van der Waals surface area (Å²) in [5.74, 6) is 1.17. The van der Waals surface area contributed by atoms with Crippen molar-refractivity contribution in [2.45, 2.75) is 38.1 Å². The van der Waals surface area contributed by atoms with E-state index in [2.05, 4.69) is 10.2 Å². The van der Waals surface area contributed by atoms with Crippen LogP contribution in [-0.4, -0.2) is 40.9 Å². The van der Waals surface area contributed by atoms with Gasteiger partial charge in [-0.05, 0) is 25.1 Å². The van der Waals surface area contributed by atoms with E-state index in [0.717, 1.165) is 18.2 Å². The van der Waals surface area contributed by atoms with Crippen LogP contribution in [0.3, 0.4) is 0 Å². The number of thiocarbonyl (C=S) groups is 1. The van der Waals surface area contributed by atoms with Crippen molar-refractivity contribution >= 4 is 40.5 Å². The van der Waals surface area contributed by atoms with Crippen LogP contribution in [0.15, 0.2) is 0 Å². The molecule has 1 aliphatic rings. The zero-order valence-electron chi connectivity index (χ0n) is 9.55. The van der Waals surface area contributed by atoms with Crippen LogP contribution in [0.1, 0.15) is 32.1 Å². The highest BCUT2D eigenvalue weighted by Gasteiger charge is 2.16. The van der Waals surface area contributed by atoms with Crippen LogP contribution in [0, 0.1) is 0 Å². The molecule has 1 rings (SSSR count). The third-order valence-electron chi connectivity index (χ3n) is 2.93.